The van der Waals surface area contributed by atoms with Crippen LogP contribution in [-0.4, -0.2) is 21.1 Å². The Balaban J connectivity index is 1.87. The second-order valence-electron chi connectivity index (χ2n) is 4.40. The van der Waals surface area contributed by atoms with Crippen LogP contribution in [0.3, 0.4) is 0 Å². The molecule has 0 saturated carbocycles. The maximum atomic E-state index is 9.22. The molecule has 0 spiro atoms. The molecule has 0 unspecified atom stereocenters. The minimum Gasteiger partial charge on any atom is -0.382 e. The number of nitriles is 1. The number of benzene rings is 1. The molecule has 0 amide bonds. The van der Waals surface area contributed by atoms with E-state index in [1.165, 1.54) is 0 Å². The van der Waals surface area contributed by atoms with Crippen LogP contribution in [0.5, 0.6) is 0 Å². The zero-order valence-corrected chi connectivity index (χ0v) is 10.8. The van der Waals surface area contributed by atoms with Crippen molar-refractivity contribution in [2.75, 3.05) is 11.9 Å². The van der Waals surface area contributed by atoms with Crippen LogP contribution in [0.2, 0.25) is 0 Å². The van der Waals surface area contributed by atoms with Crippen molar-refractivity contribution in [3.63, 3.8) is 0 Å². The van der Waals surface area contributed by atoms with E-state index in [2.05, 4.69) is 21.4 Å². The van der Waals surface area contributed by atoms with Crippen LogP contribution in [-0.2, 0) is 6.54 Å². The summed E-state index contributed by atoms with van der Waals surface area (Å²) >= 11 is 0. The van der Waals surface area contributed by atoms with Gasteiger partial charge in [-0.05, 0) is 6.07 Å². The Morgan fingerprint density at radius 3 is 3.00 bits per heavy atom. The van der Waals surface area contributed by atoms with E-state index >= 15 is 0 Å². The number of imidazole rings is 1. The summed E-state index contributed by atoms with van der Waals surface area (Å²) < 4.78 is 1.99. The first-order valence-corrected chi connectivity index (χ1v) is 6.36. The van der Waals surface area contributed by atoms with Crippen LogP contribution in [0.4, 0.5) is 5.69 Å². The van der Waals surface area contributed by atoms with Gasteiger partial charge in [0.15, 0.2) is 0 Å². The molecule has 1 N–H and O–H groups in total. The zero-order chi connectivity index (χ0) is 13.8. The van der Waals surface area contributed by atoms with E-state index in [9.17, 15) is 5.26 Å². The molecule has 0 fully saturated rings. The molecule has 0 aliphatic carbocycles. The van der Waals surface area contributed by atoms with Gasteiger partial charge in [0, 0.05) is 37.1 Å². The molecule has 2 heterocycles. The van der Waals surface area contributed by atoms with Crippen molar-refractivity contribution >= 4 is 16.6 Å². The van der Waals surface area contributed by atoms with E-state index in [0.29, 0.717) is 5.56 Å². The van der Waals surface area contributed by atoms with Gasteiger partial charge < -0.3 is 9.88 Å². The van der Waals surface area contributed by atoms with E-state index in [0.717, 1.165) is 29.7 Å². The molecule has 1 aromatic carbocycles. The number of aromatic nitrogens is 3. The summed E-state index contributed by atoms with van der Waals surface area (Å²) in [4.78, 5) is 8.30. The molecule has 0 aliphatic rings. The van der Waals surface area contributed by atoms with Crippen molar-refractivity contribution in [3.05, 3.63) is 54.7 Å². The van der Waals surface area contributed by atoms with Gasteiger partial charge in [-0.1, -0.05) is 18.2 Å². The van der Waals surface area contributed by atoms with E-state index in [4.69, 9.17) is 0 Å². The highest BCUT2D eigenvalue weighted by atomic mass is 15.0. The van der Waals surface area contributed by atoms with Crippen LogP contribution >= 0.6 is 0 Å². The lowest BCUT2D eigenvalue weighted by molar-refractivity contribution is 0.727. The Bertz CT molecular complexity index is 756. The minimum absolute atomic E-state index is 0.564. The molecule has 5 heteroatoms. The van der Waals surface area contributed by atoms with Gasteiger partial charge in [-0.25, -0.2) is 4.98 Å². The first kappa shape index (κ1) is 12.2. The molecule has 0 aliphatic heterocycles. The Labute approximate surface area is 116 Å². The third-order valence-electron chi connectivity index (χ3n) is 3.13. The minimum atomic E-state index is 0.564. The molecule has 0 bridgehead atoms. The first-order chi connectivity index (χ1) is 9.88. The number of rotatable bonds is 4. The smallest absolute Gasteiger partial charge is 0.103 e. The van der Waals surface area contributed by atoms with Gasteiger partial charge >= 0.3 is 0 Å². The van der Waals surface area contributed by atoms with Crippen molar-refractivity contribution in [1.29, 1.82) is 5.26 Å². The number of hydrogen-bond donors (Lipinski definition) is 1. The maximum absolute atomic E-state index is 9.22. The largest absolute Gasteiger partial charge is 0.382 e. The van der Waals surface area contributed by atoms with E-state index in [-0.39, 0.29) is 0 Å². The lowest BCUT2D eigenvalue weighted by Crippen LogP contribution is -2.10. The fraction of sp³-hybridized carbons (Fsp3) is 0.133. The summed E-state index contributed by atoms with van der Waals surface area (Å²) in [7, 11) is 0. The predicted octanol–water partition coefficient (Wildman–Crippen LogP) is 2.42. The number of hydrogen-bond acceptors (Lipinski definition) is 4. The molecule has 3 rings (SSSR count). The standard InChI is InChI=1S/C15H13N5/c16-9-12-10-19-14-4-2-1-3-13(14)15(12)18-6-8-20-7-5-17-11-20/h1-5,7,10-11H,6,8H2,(H,18,19). The van der Waals surface area contributed by atoms with Gasteiger partial charge in [0.2, 0.25) is 0 Å². The highest BCUT2D eigenvalue weighted by Crippen LogP contribution is 2.25. The summed E-state index contributed by atoms with van der Waals surface area (Å²) in [6.45, 7) is 1.51. The quantitative estimate of drug-likeness (QED) is 0.785. The predicted molar refractivity (Wildman–Crippen MR) is 77.2 cm³/mol. The Kier molecular flexibility index (Phi) is 3.29. The average Bonchev–Trinajstić information content (AvgIpc) is 3.00. The summed E-state index contributed by atoms with van der Waals surface area (Å²) in [5.74, 6) is 0. The number of pyridine rings is 1. The molecule has 0 saturated heterocycles. The molecule has 5 nitrogen and oxygen atoms in total. The number of nitrogens with zero attached hydrogens (tertiary/aromatic N) is 4. The number of fused-ring (bicyclic) bond motifs is 1. The summed E-state index contributed by atoms with van der Waals surface area (Å²) in [5.41, 5.74) is 2.30. The molecule has 2 aromatic heterocycles. The molecule has 0 radical (unpaired) electrons. The topological polar surface area (TPSA) is 66.5 Å². The van der Waals surface area contributed by atoms with Crippen LogP contribution in [0.1, 0.15) is 5.56 Å². The maximum Gasteiger partial charge on any atom is 0.103 e. The zero-order valence-electron chi connectivity index (χ0n) is 10.8. The summed E-state index contributed by atoms with van der Waals surface area (Å²) in [6, 6.07) is 10.00. The molecular formula is C15H13N5. The number of nitrogens with one attached hydrogen (secondary N) is 1. The van der Waals surface area contributed by atoms with Crippen molar-refractivity contribution in [2.45, 2.75) is 6.54 Å². The molecule has 3 aromatic rings. The van der Waals surface area contributed by atoms with Crippen molar-refractivity contribution in [2.24, 2.45) is 0 Å². The second-order valence-corrected chi connectivity index (χ2v) is 4.40. The number of para-hydroxylation sites is 1. The normalized spacial score (nSPS) is 10.3. The Morgan fingerprint density at radius 2 is 2.20 bits per heavy atom. The van der Waals surface area contributed by atoms with Crippen molar-refractivity contribution in [1.82, 2.24) is 14.5 Å². The molecule has 0 atom stereocenters. The van der Waals surface area contributed by atoms with Gasteiger partial charge in [-0.3, -0.25) is 4.98 Å². The van der Waals surface area contributed by atoms with Gasteiger partial charge in [-0.15, -0.1) is 0 Å². The van der Waals surface area contributed by atoms with E-state index in [1.807, 2.05) is 35.0 Å². The Hall–Kier alpha value is -2.87. The SMILES string of the molecule is N#Cc1cnc2ccccc2c1NCCn1ccnc1. The van der Waals surface area contributed by atoms with Gasteiger partial charge in [0.25, 0.3) is 0 Å². The van der Waals surface area contributed by atoms with Gasteiger partial charge in [-0.2, -0.15) is 5.26 Å². The lowest BCUT2D eigenvalue weighted by Gasteiger charge is -2.11. The van der Waals surface area contributed by atoms with Crippen LogP contribution < -0.4 is 5.32 Å². The van der Waals surface area contributed by atoms with Crippen molar-refractivity contribution < 1.29 is 0 Å². The van der Waals surface area contributed by atoms with Gasteiger partial charge in [0.1, 0.15) is 6.07 Å². The van der Waals surface area contributed by atoms with E-state index in [1.54, 1.807) is 18.7 Å². The molecular weight excluding hydrogens is 250 g/mol. The summed E-state index contributed by atoms with van der Waals surface area (Å²) in [5, 5.41) is 13.5. The van der Waals surface area contributed by atoms with E-state index < -0.39 is 0 Å². The second kappa shape index (κ2) is 5.41. The first-order valence-electron chi connectivity index (χ1n) is 6.36. The molecule has 98 valence electrons. The highest BCUT2D eigenvalue weighted by Gasteiger charge is 2.07. The lowest BCUT2D eigenvalue weighted by atomic mass is 10.1. The summed E-state index contributed by atoms with van der Waals surface area (Å²) in [6.07, 6.45) is 7.06. The van der Waals surface area contributed by atoms with Crippen LogP contribution in [0.15, 0.2) is 49.2 Å². The molecule has 20 heavy (non-hydrogen) atoms. The fourth-order valence-corrected chi connectivity index (χ4v) is 2.15. The third kappa shape index (κ3) is 2.31. The average molecular weight is 263 g/mol. The third-order valence-corrected chi connectivity index (χ3v) is 3.13. The van der Waals surface area contributed by atoms with Crippen LogP contribution in [0.25, 0.3) is 10.9 Å². The van der Waals surface area contributed by atoms with Gasteiger partial charge in [0.05, 0.1) is 23.1 Å². The van der Waals surface area contributed by atoms with Crippen LogP contribution in [0, 0.1) is 11.3 Å². The Morgan fingerprint density at radius 1 is 1.30 bits per heavy atom. The van der Waals surface area contributed by atoms with Crippen molar-refractivity contribution in [3.8, 4) is 6.07 Å². The monoisotopic (exact) mass is 263 g/mol. The number of anilines is 1. The highest BCUT2D eigenvalue weighted by molar-refractivity contribution is 5.93. The fourth-order valence-electron chi connectivity index (χ4n) is 2.15.